The van der Waals surface area contributed by atoms with Gasteiger partial charge in [-0.3, -0.25) is 4.84 Å². The number of rotatable bonds is 1. The molecule has 0 bridgehead atoms. The Kier molecular flexibility index (Phi) is 0.688. The van der Waals surface area contributed by atoms with Crippen LogP contribution in [0.15, 0.2) is 18.3 Å². The molecule has 42 valence electrons. The zero-order chi connectivity index (χ0) is 5.40. The van der Waals surface area contributed by atoms with Gasteiger partial charge < -0.3 is 4.98 Å². The third-order valence-electron chi connectivity index (χ3n) is 1.14. The molecule has 1 aliphatic rings. The Hall–Kier alpha value is -0.800. The first-order chi connectivity index (χ1) is 3.97. The van der Waals surface area contributed by atoms with Crippen LogP contribution in [0, 0.1) is 0 Å². The van der Waals surface area contributed by atoms with Crippen molar-refractivity contribution < 1.29 is 4.84 Å². The topological polar surface area (TPSA) is 50.3 Å². The quantitative estimate of drug-likeness (QED) is 0.518. The second kappa shape index (κ2) is 1.34. The molecule has 0 aromatic carbocycles. The number of hydrogen-bond donors (Lipinski definition) is 2. The maximum Gasteiger partial charge on any atom is 0.191 e. The molecule has 3 nitrogen and oxygen atoms in total. The average Bonchev–Trinajstić information content (AvgIpc) is 2.49. The molecule has 0 amide bonds. The van der Waals surface area contributed by atoms with E-state index in [1.807, 2.05) is 18.3 Å². The fraction of sp³-hybridized carbons (Fsp3) is 0.200. The van der Waals surface area contributed by atoms with Crippen molar-refractivity contribution in [2.75, 3.05) is 0 Å². The molecule has 1 unspecified atom stereocenters. The van der Waals surface area contributed by atoms with Gasteiger partial charge >= 0.3 is 0 Å². The lowest BCUT2D eigenvalue weighted by atomic mass is 10.4. The molecule has 1 fully saturated rings. The molecule has 1 atom stereocenters. The summed E-state index contributed by atoms with van der Waals surface area (Å²) in [6.45, 7) is 0. The molecule has 0 aliphatic carbocycles. The molecule has 2 heterocycles. The summed E-state index contributed by atoms with van der Waals surface area (Å²) in [4.78, 5) is 7.78. The Bertz CT molecular complexity index is 167. The van der Waals surface area contributed by atoms with Gasteiger partial charge in [-0.25, -0.2) is 0 Å². The highest BCUT2D eigenvalue weighted by atomic mass is 16.8. The normalized spacial score (nSPS) is 25.8. The minimum atomic E-state index is 0.130. The minimum Gasteiger partial charge on any atom is -0.362 e. The van der Waals surface area contributed by atoms with Crippen LogP contribution >= 0.6 is 0 Å². The molecule has 0 radical (unpaired) electrons. The van der Waals surface area contributed by atoms with E-state index in [0.29, 0.717) is 0 Å². The van der Waals surface area contributed by atoms with Crippen LogP contribution in [0.2, 0.25) is 0 Å². The molecule has 1 aromatic rings. The average molecular weight is 110 g/mol. The van der Waals surface area contributed by atoms with Crippen LogP contribution < -0.4 is 5.48 Å². The second-order valence-corrected chi connectivity index (χ2v) is 1.74. The van der Waals surface area contributed by atoms with Crippen LogP contribution in [-0.2, 0) is 4.84 Å². The van der Waals surface area contributed by atoms with Crippen LogP contribution in [0.5, 0.6) is 0 Å². The van der Waals surface area contributed by atoms with Crippen LogP contribution in [-0.4, -0.2) is 4.98 Å². The number of aromatic nitrogens is 1. The first kappa shape index (κ1) is 4.12. The van der Waals surface area contributed by atoms with Crippen LogP contribution in [0.3, 0.4) is 0 Å². The van der Waals surface area contributed by atoms with Gasteiger partial charge in [-0.05, 0) is 12.1 Å². The second-order valence-electron chi connectivity index (χ2n) is 1.74. The van der Waals surface area contributed by atoms with Crippen molar-refractivity contribution in [1.29, 1.82) is 0 Å². The van der Waals surface area contributed by atoms with Crippen molar-refractivity contribution in [2.45, 2.75) is 6.23 Å². The lowest BCUT2D eigenvalue weighted by Crippen LogP contribution is -1.80. The van der Waals surface area contributed by atoms with E-state index in [0.717, 1.165) is 5.69 Å². The van der Waals surface area contributed by atoms with E-state index in [1.54, 1.807) is 0 Å². The predicted octanol–water partition coefficient (Wildman–Crippen LogP) is 0.548. The first-order valence-electron chi connectivity index (χ1n) is 2.51. The van der Waals surface area contributed by atoms with Crippen molar-refractivity contribution in [1.82, 2.24) is 10.5 Å². The standard InChI is InChI=1S/C5H6N2O/c1-2-4(6-3-1)5-7-8-5/h1-3,5-7H. The van der Waals surface area contributed by atoms with Crippen LogP contribution in [0.25, 0.3) is 0 Å². The zero-order valence-electron chi connectivity index (χ0n) is 4.22. The number of H-pyrrole nitrogens is 1. The molecule has 1 saturated heterocycles. The highest BCUT2D eigenvalue weighted by Gasteiger charge is 2.24. The van der Waals surface area contributed by atoms with Gasteiger partial charge in [0.2, 0.25) is 0 Å². The van der Waals surface area contributed by atoms with Crippen molar-refractivity contribution in [3.63, 3.8) is 0 Å². The smallest absolute Gasteiger partial charge is 0.191 e. The summed E-state index contributed by atoms with van der Waals surface area (Å²) in [6, 6.07) is 3.92. The maximum atomic E-state index is 4.77. The highest BCUT2D eigenvalue weighted by molar-refractivity contribution is 5.07. The van der Waals surface area contributed by atoms with Gasteiger partial charge in [0.05, 0.1) is 5.69 Å². The van der Waals surface area contributed by atoms with E-state index in [9.17, 15) is 0 Å². The van der Waals surface area contributed by atoms with Crippen molar-refractivity contribution in [2.24, 2.45) is 0 Å². The Morgan fingerprint density at radius 2 is 2.50 bits per heavy atom. The summed E-state index contributed by atoms with van der Waals surface area (Å²) in [6.07, 6.45) is 2.00. The first-order valence-corrected chi connectivity index (χ1v) is 2.51. The SMILES string of the molecule is c1c[nH]c(C2NO2)c1. The highest BCUT2D eigenvalue weighted by Crippen LogP contribution is 2.20. The lowest BCUT2D eigenvalue weighted by molar-refractivity contribution is 0.372. The van der Waals surface area contributed by atoms with E-state index in [4.69, 9.17) is 4.84 Å². The summed E-state index contributed by atoms with van der Waals surface area (Å²) in [5.74, 6) is 0. The monoisotopic (exact) mass is 110 g/mol. The number of nitrogens with one attached hydrogen (secondary N) is 2. The molecule has 0 spiro atoms. The molecular weight excluding hydrogens is 104 g/mol. The Balaban J connectivity index is 2.28. The Morgan fingerprint density at radius 1 is 1.62 bits per heavy atom. The molecule has 2 N–H and O–H groups in total. The van der Waals surface area contributed by atoms with Crippen molar-refractivity contribution >= 4 is 0 Å². The molecule has 0 saturated carbocycles. The fourth-order valence-electron chi connectivity index (χ4n) is 0.668. The summed E-state index contributed by atoms with van der Waals surface area (Å²) in [5, 5.41) is 0. The van der Waals surface area contributed by atoms with Crippen LogP contribution in [0.1, 0.15) is 11.9 Å². The van der Waals surface area contributed by atoms with Gasteiger partial charge in [0.1, 0.15) is 0 Å². The Labute approximate surface area is 46.6 Å². The summed E-state index contributed by atoms with van der Waals surface area (Å²) >= 11 is 0. The van der Waals surface area contributed by atoms with Gasteiger partial charge in [-0.2, -0.15) is 5.48 Å². The lowest BCUT2D eigenvalue weighted by Gasteiger charge is -1.79. The number of hydrogen-bond acceptors (Lipinski definition) is 2. The van der Waals surface area contributed by atoms with Crippen molar-refractivity contribution in [3.05, 3.63) is 24.0 Å². The van der Waals surface area contributed by atoms with E-state index in [1.165, 1.54) is 0 Å². The van der Waals surface area contributed by atoms with E-state index in [2.05, 4.69) is 10.5 Å². The number of aromatic amines is 1. The minimum absolute atomic E-state index is 0.130. The molecule has 8 heavy (non-hydrogen) atoms. The molecule has 1 aromatic heterocycles. The Morgan fingerprint density at radius 3 is 3.00 bits per heavy atom. The third-order valence-corrected chi connectivity index (χ3v) is 1.14. The summed E-state index contributed by atoms with van der Waals surface area (Å²) < 4.78 is 0. The van der Waals surface area contributed by atoms with Crippen LogP contribution in [0.4, 0.5) is 0 Å². The van der Waals surface area contributed by atoms with E-state index < -0.39 is 0 Å². The van der Waals surface area contributed by atoms with Gasteiger partial charge in [-0.1, -0.05) is 0 Å². The van der Waals surface area contributed by atoms with Gasteiger partial charge in [-0.15, -0.1) is 0 Å². The van der Waals surface area contributed by atoms with E-state index >= 15 is 0 Å². The predicted molar refractivity (Wildman–Crippen MR) is 27.8 cm³/mol. The van der Waals surface area contributed by atoms with Crippen molar-refractivity contribution in [3.8, 4) is 0 Å². The largest absolute Gasteiger partial charge is 0.362 e. The van der Waals surface area contributed by atoms with Gasteiger partial charge in [0, 0.05) is 6.20 Å². The maximum absolute atomic E-state index is 4.77. The fourth-order valence-corrected chi connectivity index (χ4v) is 0.668. The summed E-state index contributed by atoms with van der Waals surface area (Å²) in [5.41, 5.74) is 3.79. The zero-order valence-corrected chi connectivity index (χ0v) is 4.22. The molecule has 3 heteroatoms. The molecule has 2 rings (SSSR count). The third kappa shape index (κ3) is 0.526. The number of hydroxylamine groups is 1. The van der Waals surface area contributed by atoms with Gasteiger partial charge in [0.25, 0.3) is 0 Å². The van der Waals surface area contributed by atoms with Gasteiger partial charge in [0.15, 0.2) is 6.23 Å². The summed E-state index contributed by atoms with van der Waals surface area (Å²) in [7, 11) is 0. The molecular formula is C5H6N2O. The molecule has 1 aliphatic heterocycles. The van der Waals surface area contributed by atoms with E-state index in [-0.39, 0.29) is 6.23 Å².